The predicted octanol–water partition coefficient (Wildman–Crippen LogP) is -1.02. The summed E-state index contributed by atoms with van der Waals surface area (Å²) in [4.78, 5) is 0. The molecular weight excluding hydrogens is 144 g/mol. The number of aromatic nitrogens is 3. The van der Waals surface area contributed by atoms with Gasteiger partial charge in [-0.1, -0.05) is 5.21 Å². The fraction of sp³-hybridized carbons (Fsp3) is 0.667. The molecule has 1 heterocycles. The Morgan fingerprint density at radius 3 is 2.82 bits per heavy atom. The van der Waals surface area contributed by atoms with E-state index in [1.54, 1.807) is 24.9 Å². The van der Waals surface area contributed by atoms with Gasteiger partial charge in [0.2, 0.25) is 0 Å². The molecule has 1 rings (SSSR count). The molecule has 1 aromatic heterocycles. The highest BCUT2D eigenvalue weighted by Crippen LogP contribution is 2.11. The van der Waals surface area contributed by atoms with Crippen molar-refractivity contribution in [3.8, 4) is 0 Å². The monoisotopic (exact) mass is 156 g/mol. The third kappa shape index (κ3) is 1.55. The van der Waals surface area contributed by atoms with Gasteiger partial charge >= 0.3 is 0 Å². The maximum atomic E-state index is 8.85. The van der Waals surface area contributed by atoms with Crippen LogP contribution in [0.25, 0.3) is 0 Å². The number of rotatable bonds is 2. The molecule has 0 fully saturated rings. The Bertz CT molecular complexity index is 242. The molecule has 0 radical (unpaired) electrons. The van der Waals surface area contributed by atoms with Gasteiger partial charge in [-0.3, -0.25) is 4.68 Å². The second kappa shape index (κ2) is 2.60. The van der Waals surface area contributed by atoms with Gasteiger partial charge in [-0.25, -0.2) is 0 Å². The average Bonchev–Trinajstić information content (AvgIpc) is 2.36. The highest BCUT2D eigenvalue weighted by molar-refractivity contribution is 5.07. The number of aryl methyl sites for hydroxylation is 1. The van der Waals surface area contributed by atoms with Crippen molar-refractivity contribution in [2.75, 3.05) is 6.61 Å². The van der Waals surface area contributed by atoms with E-state index in [4.69, 9.17) is 10.8 Å². The molecular formula is C6H12N4O. The fourth-order valence-corrected chi connectivity index (χ4v) is 0.690. The molecule has 0 aromatic carbocycles. The SMILES string of the molecule is Cn1cc(C(C)(N)CO)nn1. The lowest BCUT2D eigenvalue weighted by Gasteiger charge is -2.17. The van der Waals surface area contributed by atoms with E-state index < -0.39 is 5.54 Å². The molecule has 0 bridgehead atoms. The summed E-state index contributed by atoms with van der Waals surface area (Å²) in [5.74, 6) is 0. The number of nitrogens with zero attached hydrogens (tertiary/aromatic N) is 3. The standard InChI is InChI=1S/C6H12N4O/c1-6(7,4-11)5-3-10(2)9-8-5/h3,11H,4,7H2,1-2H3. The topological polar surface area (TPSA) is 77.0 Å². The second-order valence-corrected chi connectivity index (χ2v) is 2.85. The van der Waals surface area contributed by atoms with Gasteiger partial charge in [0.1, 0.15) is 5.69 Å². The minimum Gasteiger partial charge on any atom is -0.394 e. The van der Waals surface area contributed by atoms with Crippen LogP contribution in [0.2, 0.25) is 0 Å². The zero-order chi connectivity index (χ0) is 8.48. The maximum absolute atomic E-state index is 8.85. The summed E-state index contributed by atoms with van der Waals surface area (Å²) in [5.41, 5.74) is 5.50. The average molecular weight is 156 g/mol. The van der Waals surface area contributed by atoms with Gasteiger partial charge in [0, 0.05) is 7.05 Å². The third-order valence-electron chi connectivity index (χ3n) is 1.52. The van der Waals surface area contributed by atoms with E-state index in [2.05, 4.69) is 10.3 Å². The van der Waals surface area contributed by atoms with Crippen molar-refractivity contribution in [1.29, 1.82) is 0 Å². The normalized spacial score (nSPS) is 16.4. The molecule has 0 aliphatic carbocycles. The molecule has 5 heteroatoms. The first-order valence-corrected chi connectivity index (χ1v) is 3.33. The zero-order valence-electron chi connectivity index (χ0n) is 6.65. The molecule has 0 saturated carbocycles. The first-order chi connectivity index (χ1) is 5.06. The van der Waals surface area contributed by atoms with Crippen molar-refractivity contribution < 1.29 is 5.11 Å². The van der Waals surface area contributed by atoms with Gasteiger partial charge in [0.15, 0.2) is 0 Å². The lowest BCUT2D eigenvalue weighted by atomic mass is 10.0. The number of aliphatic hydroxyl groups excluding tert-OH is 1. The van der Waals surface area contributed by atoms with Crippen LogP contribution in [0.3, 0.4) is 0 Å². The van der Waals surface area contributed by atoms with Crippen LogP contribution >= 0.6 is 0 Å². The first kappa shape index (κ1) is 8.16. The molecule has 1 unspecified atom stereocenters. The molecule has 11 heavy (non-hydrogen) atoms. The Hall–Kier alpha value is -0.940. The lowest BCUT2D eigenvalue weighted by Crippen LogP contribution is -2.37. The highest BCUT2D eigenvalue weighted by Gasteiger charge is 2.23. The minimum atomic E-state index is -0.783. The zero-order valence-corrected chi connectivity index (χ0v) is 6.65. The van der Waals surface area contributed by atoms with Crippen molar-refractivity contribution in [2.45, 2.75) is 12.5 Å². The van der Waals surface area contributed by atoms with Crippen LogP contribution in [-0.4, -0.2) is 26.7 Å². The van der Waals surface area contributed by atoms with Gasteiger partial charge < -0.3 is 10.8 Å². The number of aliphatic hydroxyl groups is 1. The van der Waals surface area contributed by atoms with Gasteiger partial charge in [0.05, 0.1) is 18.3 Å². The molecule has 0 amide bonds. The van der Waals surface area contributed by atoms with Crippen molar-refractivity contribution in [2.24, 2.45) is 12.8 Å². The van der Waals surface area contributed by atoms with Crippen LogP contribution in [0.5, 0.6) is 0 Å². The van der Waals surface area contributed by atoms with Crippen LogP contribution in [0, 0.1) is 0 Å². The molecule has 0 saturated heterocycles. The van der Waals surface area contributed by atoms with Crippen LogP contribution < -0.4 is 5.73 Å². The molecule has 0 aliphatic heterocycles. The molecule has 0 spiro atoms. The lowest BCUT2D eigenvalue weighted by molar-refractivity contribution is 0.206. The summed E-state index contributed by atoms with van der Waals surface area (Å²) in [6.07, 6.45) is 1.69. The third-order valence-corrected chi connectivity index (χ3v) is 1.52. The summed E-state index contributed by atoms with van der Waals surface area (Å²) in [7, 11) is 1.75. The van der Waals surface area contributed by atoms with Crippen LogP contribution in [0.15, 0.2) is 6.20 Å². The Kier molecular flexibility index (Phi) is 1.92. The quantitative estimate of drug-likeness (QED) is 0.574. The van der Waals surface area contributed by atoms with Gasteiger partial charge in [-0.15, -0.1) is 5.10 Å². The number of hydrogen-bond donors (Lipinski definition) is 2. The Morgan fingerprint density at radius 2 is 2.45 bits per heavy atom. The van der Waals surface area contributed by atoms with Gasteiger partial charge in [-0.2, -0.15) is 0 Å². The summed E-state index contributed by atoms with van der Waals surface area (Å²) < 4.78 is 1.55. The largest absolute Gasteiger partial charge is 0.394 e. The highest BCUT2D eigenvalue weighted by atomic mass is 16.3. The van der Waals surface area contributed by atoms with Crippen LogP contribution in [0.1, 0.15) is 12.6 Å². The van der Waals surface area contributed by atoms with Gasteiger partial charge in [0.25, 0.3) is 0 Å². The molecule has 0 aliphatic rings. The van der Waals surface area contributed by atoms with Crippen molar-refractivity contribution in [3.63, 3.8) is 0 Å². The smallest absolute Gasteiger partial charge is 0.105 e. The van der Waals surface area contributed by atoms with Crippen LogP contribution in [-0.2, 0) is 12.6 Å². The Morgan fingerprint density at radius 1 is 1.82 bits per heavy atom. The van der Waals surface area contributed by atoms with Crippen LogP contribution in [0.4, 0.5) is 0 Å². The Balaban J connectivity index is 2.92. The molecule has 3 N–H and O–H groups in total. The molecule has 5 nitrogen and oxygen atoms in total. The maximum Gasteiger partial charge on any atom is 0.105 e. The minimum absolute atomic E-state index is 0.133. The first-order valence-electron chi connectivity index (χ1n) is 3.33. The fourth-order valence-electron chi connectivity index (χ4n) is 0.690. The van der Waals surface area contributed by atoms with Crippen molar-refractivity contribution in [1.82, 2.24) is 15.0 Å². The summed E-state index contributed by atoms with van der Waals surface area (Å²) in [6, 6.07) is 0. The number of hydrogen-bond acceptors (Lipinski definition) is 4. The Labute approximate surface area is 64.8 Å². The van der Waals surface area contributed by atoms with Gasteiger partial charge in [-0.05, 0) is 6.92 Å². The molecule has 1 aromatic rings. The van der Waals surface area contributed by atoms with E-state index in [9.17, 15) is 0 Å². The van der Waals surface area contributed by atoms with Crippen molar-refractivity contribution >= 4 is 0 Å². The molecule has 1 atom stereocenters. The number of nitrogens with two attached hydrogens (primary N) is 1. The predicted molar refractivity (Wildman–Crippen MR) is 39.6 cm³/mol. The van der Waals surface area contributed by atoms with Crippen molar-refractivity contribution in [3.05, 3.63) is 11.9 Å². The van der Waals surface area contributed by atoms with E-state index in [-0.39, 0.29) is 6.61 Å². The van der Waals surface area contributed by atoms with E-state index in [0.29, 0.717) is 5.69 Å². The van der Waals surface area contributed by atoms with E-state index in [0.717, 1.165) is 0 Å². The van der Waals surface area contributed by atoms with E-state index >= 15 is 0 Å². The summed E-state index contributed by atoms with van der Waals surface area (Å²) >= 11 is 0. The summed E-state index contributed by atoms with van der Waals surface area (Å²) in [5, 5.41) is 16.3. The van der Waals surface area contributed by atoms with E-state index in [1.165, 1.54) is 0 Å². The second-order valence-electron chi connectivity index (χ2n) is 2.85. The van der Waals surface area contributed by atoms with E-state index in [1.807, 2.05) is 0 Å². The summed E-state index contributed by atoms with van der Waals surface area (Å²) in [6.45, 7) is 1.57. The molecule has 62 valence electrons.